The highest BCUT2D eigenvalue weighted by atomic mass is 19.4. The van der Waals surface area contributed by atoms with E-state index >= 15 is 0 Å². The molecule has 0 spiro atoms. The molecule has 1 aliphatic carbocycles. The summed E-state index contributed by atoms with van der Waals surface area (Å²) in [5.74, 6) is -0.716. The van der Waals surface area contributed by atoms with E-state index in [2.05, 4.69) is 9.47 Å². The minimum absolute atomic E-state index is 0.0239. The van der Waals surface area contributed by atoms with E-state index in [9.17, 15) is 44.6 Å². The monoisotopic (exact) mass is 561 g/mol. The van der Waals surface area contributed by atoms with Crippen LogP contribution in [0.3, 0.4) is 0 Å². The number of hydrogen-bond donors (Lipinski definition) is 1. The molecular formula is C24H24F9NO4. The minimum atomic E-state index is -5.05. The van der Waals surface area contributed by atoms with Gasteiger partial charge in [-0.25, -0.2) is 0 Å². The molecule has 1 unspecified atom stereocenters. The molecule has 0 heterocycles. The van der Waals surface area contributed by atoms with Gasteiger partial charge >= 0.3 is 18.9 Å². The molecule has 2 aromatic rings. The van der Waals surface area contributed by atoms with Gasteiger partial charge in [0.2, 0.25) is 0 Å². The van der Waals surface area contributed by atoms with E-state index in [0.29, 0.717) is 19.3 Å². The van der Waals surface area contributed by atoms with Crippen molar-refractivity contribution >= 4 is 5.69 Å². The fraction of sp³-hybridized carbons (Fsp3) is 0.500. The second-order valence-electron chi connectivity index (χ2n) is 8.85. The predicted molar refractivity (Wildman–Crippen MR) is 117 cm³/mol. The number of rotatable bonds is 9. The van der Waals surface area contributed by atoms with Gasteiger partial charge in [0.1, 0.15) is 17.2 Å². The van der Waals surface area contributed by atoms with E-state index in [-0.39, 0.29) is 30.0 Å². The van der Waals surface area contributed by atoms with E-state index in [4.69, 9.17) is 4.74 Å². The van der Waals surface area contributed by atoms with Gasteiger partial charge in [-0.1, -0.05) is 31.4 Å². The van der Waals surface area contributed by atoms with Gasteiger partial charge in [-0.05, 0) is 37.1 Å². The van der Waals surface area contributed by atoms with Crippen molar-refractivity contribution < 1.29 is 58.8 Å². The van der Waals surface area contributed by atoms with Crippen LogP contribution in [0.15, 0.2) is 48.5 Å². The molecule has 0 saturated heterocycles. The lowest BCUT2D eigenvalue weighted by Gasteiger charge is -2.42. The van der Waals surface area contributed by atoms with Gasteiger partial charge in [0.05, 0.1) is 12.1 Å². The Morgan fingerprint density at radius 3 is 1.95 bits per heavy atom. The summed E-state index contributed by atoms with van der Waals surface area (Å²) in [6, 6.07) is 9.67. The zero-order valence-corrected chi connectivity index (χ0v) is 19.7. The number of nitrogens with zero attached hydrogens (tertiary/aromatic N) is 1. The molecule has 5 nitrogen and oxygen atoms in total. The molecule has 1 N–H and O–H groups in total. The molecule has 1 fully saturated rings. The first kappa shape index (κ1) is 29.7. The second-order valence-corrected chi connectivity index (χ2v) is 8.85. The zero-order valence-electron chi connectivity index (χ0n) is 19.7. The van der Waals surface area contributed by atoms with Crippen LogP contribution in [0.1, 0.15) is 32.1 Å². The van der Waals surface area contributed by atoms with Crippen LogP contribution in [0.5, 0.6) is 17.2 Å². The van der Waals surface area contributed by atoms with Crippen LogP contribution in [-0.4, -0.2) is 48.8 Å². The molecule has 2 aromatic carbocycles. The number of halogens is 9. The fourth-order valence-electron chi connectivity index (χ4n) is 4.27. The smallest absolute Gasteiger partial charge is 0.457 e. The third-order valence-corrected chi connectivity index (χ3v) is 5.80. The summed E-state index contributed by atoms with van der Waals surface area (Å²) < 4.78 is 131. The highest BCUT2D eigenvalue weighted by Gasteiger charge is 2.47. The van der Waals surface area contributed by atoms with Crippen molar-refractivity contribution in [3.63, 3.8) is 0 Å². The first-order valence-corrected chi connectivity index (χ1v) is 11.4. The van der Waals surface area contributed by atoms with Gasteiger partial charge in [0.15, 0.2) is 6.10 Å². The quantitative estimate of drug-likeness (QED) is 0.325. The Bertz CT molecular complexity index is 1050. The molecule has 3 rings (SSSR count). The number of anilines is 1. The van der Waals surface area contributed by atoms with Gasteiger partial charge in [-0.15, -0.1) is 26.3 Å². The molecule has 0 amide bonds. The molecule has 38 heavy (non-hydrogen) atoms. The normalized spacial score (nSPS) is 17.1. The standard InChI is InChI=1S/C24H24F9NO4/c25-22(26,27)20(35)14-34(15-21(38-24(31,32)33)10-2-1-3-11-21)16-6-4-7-17(12-16)36-18-8-5-9-19(13-18)37-23(28,29)30/h4-9,12-13,20,35H,1-3,10-11,14-15H2. The van der Waals surface area contributed by atoms with Crippen molar-refractivity contribution in [3.8, 4) is 17.2 Å². The average molecular weight is 561 g/mol. The van der Waals surface area contributed by atoms with Crippen molar-refractivity contribution in [3.05, 3.63) is 48.5 Å². The van der Waals surface area contributed by atoms with Crippen LogP contribution in [0.4, 0.5) is 45.2 Å². The molecular weight excluding hydrogens is 537 g/mol. The van der Waals surface area contributed by atoms with Crippen LogP contribution in [0.2, 0.25) is 0 Å². The Morgan fingerprint density at radius 1 is 0.789 bits per heavy atom. The molecule has 0 aliphatic heterocycles. The molecule has 1 atom stereocenters. The summed E-state index contributed by atoms with van der Waals surface area (Å²) in [7, 11) is 0. The molecule has 14 heteroatoms. The maximum absolute atomic E-state index is 13.3. The fourth-order valence-corrected chi connectivity index (χ4v) is 4.27. The first-order chi connectivity index (χ1) is 17.5. The van der Waals surface area contributed by atoms with Gasteiger partial charge in [-0.3, -0.25) is 4.74 Å². The van der Waals surface area contributed by atoms with Gasteiger partial charge in [-0.2, -0.15) is 13.2 Å². The first-order valence-electron chi connectivity index (χ1n) is 11.4. The van der Waals surface area contributed by atoms with Crippen LogP contribution >= 0.6 is 0 Å². The van der Waals surface area contributed by atoms with Crippen molar-refractivity contribution in [2.75, 3.05) is 18.0 Å². The van der Waals surface area contributed by atoms with E-state index in [1.807, 2.05) is 0 Å². The lowest BCUT2D eigenvalue weighted by Crippen LogP contribution is -2.52. The maximum atomic E-state index is 13.3. The van der Waals surface area contributed by atoms with Gasteiger partial charge in [0, 0.05) is 24.4 Å². The average Bonchev–Trinajstić information content (AvgIpc) is 2.76. The molecule has 0 bridgehead atoms. The Kier molecular flexibility index (Phi) is 8.97. The third-order valence-electron chi connectivity index (χ3n) is 5.80. The number of ether oxygens (including phenoxy) is 3. The Labute approximate surface area is 211 Å². The molecule has 1 aliphatic rings. The molecule has 212 valence electrons. The van der Waals surface area contributed by atoms with E-state index < -0.39 is 49.4 Å². The van der Waals surface area contributed by atoms with Gasteiger partial charge in [0.25, 0.3) is 0 Å². The molecule has 0 aromatic heterocycles. The molecule has 0 radical (unpaired) electrons. The maximum Gasteiger partial charge on any atom is 0.573 e. The summed E-state index contributed by atoms with van der Waals surface area (Å²) in [5.41, 5.74) is -1.87. The van der Waals surface area contributed by atoms with Crippen molar-refractivity contribution in [2.24, 2.45) is 0 Å². The summed E-state index contributed by atoms with van der Waals surface area (Å²) in [6.07, 6.45) is -16.7. The van der Waals surface area contributed by atoms with Crippen LogP contribution < -0.4 is 14.4 Å². The number of hydrogen-bond acceptors (Lipinski definition) is 5. The van der Waals surface area contributed by atoms with E-state index in [1.165, 1.54) is 36.4 Å². The Hall–Kier alpha value is -2.87. The highest BCUT2D eigenvalue weighted by Crippen LogP contribution is 2.39. The van der Waals surface area contributed by atoms with Crippen molar-refractivity contribution in [1.29, 1.82) is 0 Å². The van der Waals surface area contributed by atoms with Crippen LogP contribution in [0.25, 0.3) is 0 Å². The second kappa shape index (κ2) is 11.5. The van der Waals surface area contributed by atoms with Crippen LogP contribution in [-0.2, 0) is 4.74 Å². The van der Waals surface area contributed by atoms with Crippen molar-refractivity contribution in [2.45, 2.75) is 62.7 Å². The largest absolute Gasteiger partial charge is 0.573 e. The summed E-state index contributed by atoms with van der Waals surface area (Å²) >= 11 is 0. The van der Waals surface area contributed by atoms with Crippen LogP contribution in [0, 0.1) is 0 Å². The lowest BCUT2D eigenvalue weighted by atomic mass is 9.84. The van der Waals surface area contributed by atoms with E-state index in [1.54, 1.807) is 0 Å². The minimum Gasteiger partial charge on any atom is -0.457 e. The molecule has 1 saturated carbocycles. The lowest BCUT2D eigenvalue weighted by molar-refractivity contribution is -0.369. The highest BCUT2D eigenvalue weighted by molar-refractivity contribution is 5.52. The number of benzene rings is 2. The topological polar surface area (TPSA) is 51.2 Å². The Morgan fingerprint density at radius 2 is 1.37 bits per heavy atom. The predicted octanol–water partition coefficient (Wildman–Crippen LogP) is 7.35. The summed E-state index contributed by atoms with van der Waals surface area (Å²) in [5, 5.41) is 9.72. The van der Waals surface area contributed by atoms with Gasteiger partial charge < -0.3 is 19.5 Å². The van der Waals surface area contributed by atoms with E-state index in [0.717, 1.165) is 17.0 Å². The third kappa shape index (κ3) is 9.15. The number of aliphatic hydroxyl groups is 1. The zero-order chi connectivity index (χ0) is 28.2. The number of aliphatic hydroxyl groups excluding tert-OH is 1. The number of alkyl halides is 9. The SMILES string of the molecule is OC(CN(CC1(OC(F)(F)F)CCCCC1)c1cccc(Oc2cccc(OC(F)(F)F)c2)c1)C(F)(F)F. The Balaban J connectivity index is 1.90. The van der Waals surface area contributed by atoms with Crippen molar-refractivity contribution in [1.82, 2.24) is 0 Å². The summed E-state index contributed by atoms with van der Waals surface area (Å²) in [6.45, 7) is -1.71. The summed E-state index contributed by atoms with van der Waals surface area (Å²) in [4.78, 5) is 0.936.